The molecule has 1 fully saturated rings. The van der Waals surface area contributed by atoms with Gasteiger partial charge in [-0.2, -0.15) is 5.10 Å². The second-order valence-electron chi connectivity index (χ2n) is 8.52. The van der Waals surface area contributed by atoms with E-state index in [4.69, 9.17) is 19.3 Å². The Labute approximate surface area is 204 Å². The van der Waals surface area contributed by atoms with Crippen LogP contribution in [0, 0.1) is 6.92 Å². The maximum Gasteiger partial charge on any atom is 0.363 e. The molecule has 8 nitrogen and oxygen atoms in total. The molecule has 8 heteroatoms. The maximum atomic E-state index is 12.8. The van der Waals surface area contributed by atoms with Crippen LogP contribution < -0.4 is 14.4 Å². The van der Waals surface area contributed by atoms with Gasteiger partial charge in [0.15, 0.2) is 17.2 Å². The van der Waals surface area contributed by atoms with Crippen molar-refractivity contribution in [1.29, 1.82) is 0 Å². The fraction of sp³-hybridized carbons (Fsp3) is 0.296. The van der Waals surface area contributed by atoms with Crippen LogP contribution in [-0.4, -0.2) is 49.0 Å². The van der Waals surface area contributed by atoms with Crippen molar-refractivity contribution in [2.45, 2.75) is 26.2 Å². The molecule has 180 valence electrons. The fourth-order valence-electron chi connectivity index (χ4n) is 4.49. The number of para-hydroxylation sites is 1. The van der Waals surface area contributed by atoms with Crippen LogP contribution in [0.3, 0.4) is 0 Å². The van der Waals surface area contributed by atoms with Crippen molar-refractivity contribution in [2.75, 3.05) is 32.2 Å². The number of carbonyl (C=O) groups excluding carboxylic acids is 1. The highest BCUT2D eigenvalue weighted by molar-refractivity contribution is 6.13. The highest BCUT2D eigenvalue weighted by atomic mass is 16.6. The van der Waals surface area contributed by atoms with Crippen molar-refractivity contribution in [2.24, 2.45) is 4.99 Å². The van der Waals surface area contributed by atoms with E-state index >= 15 is 0 Å². The number of aryl methyl sites for hydroxylation is 1. The summed E-state index contributed by atoms with van der Waals surface area (Å²) in [6.45, 7) is 3.84. The lowest BCUT2D eigenvalue weighted by Crippen LogP contribution is -2.31. The van der Waals surface area contributed by atoms with E-state index in [-0.39, 0.29) is 11.6 Å². The predicted octanol–water partition coefficient (Wildman–Crippen LogP) is 4.53. The Hall–Kier alpha value is -4.07. The van der Waals surface area contributed by atoms with E-state index in [0.717, 1.165) is 48.7 Å². The maximum absolute atomic E-state index is 12.8. The van der Waals surface area contributed by atoms with Crippen LogP contribution in [-0.2, 0) is 9.53 Å². The van der Waals surface area contributed by atoms with Crippen LogP contribution in [0.1, 0.15) is 36.1 Å². The predicted molar refractivity (Wildman–Crippen MR) is 135 cm³/mol. The van der Waals surface area contributed by atoms with E-state index in [1.54, 1.807) is 38.5 Å². The van der Waals surface area contributed by atoms with E-state index < -0.39 is 5.97 Å². The van der Waals surface area contributed by atoms with Gasteiger partial charge in [-0.1, -0.05) is 18.2 Å². The third kappa shape index (κ3) is 4.39. The van der Waals surface area contributed by atoms with Crippen molar-refractivity contribution in [3.63, 3.8) is 0 Å². The fourth-order valence-corrected chi connectivity index (χ4v) is 4.49. The van der Waals surface area contributed by atoms with Crippen LogP contribution >= 0.6 is 0 Å². The summed E-state index contributed by atoms with van der Waals surface area (Å²) in [4.78, 5) is 19.7. The highest BCUT2D eigenvalue weighted by Gasteiger charge is 2.28. The molecule has 35 heavy (non-hydrogen) atoms. The number of hydrogen-bond acceptors (Lipinski definition) is 7. The molecule has 2 aliphatic rings. The standard InChI is InChI=1S/C27H28N4O4/c1-18-21(26(30-14-8-5-9-15-30)31(29-18)20-10-6-4-7-11-20)17-22-27(32)35-25(28-22)19-12-13-23(33-2)24(16-19)34-3/h4,6-7,10-13,16-17H,5,8-9,14-15H2,1-3H3/b22-17-. The summed E-state index contributed by atoms with van der Waals surface area (Å²) in [6.07, 6.45) is 5.26. The Morgan fingerprint density at radius 2 is 1.71 bits per heavy atom. The first-order valence-corrected chi connectivity index (χ1v) is 11.7. The first-order chi connectivity index (χ1) is 17.1. The Bertz CT molecular complexity index is 1300. The van der Waals surface area contributed by atoms with Gasteiger partial charge in [-0.25, -0.2) is 14.5 Å². The second kappa shape index (κ2) is 9.66. The molecule has 5 rings (SSSR count). The summed E-state index contributed by atoms with van der Waals surface area (Å²) in [5, 5.41) is 4.84. The molecule has 0 amide bonds. The van der Waals surface area contributed by atoms with Crippen LogP contribution in [0.4, 0.5) is 5.82 Å². The molecule has 0 N–H and O–H groups in total. The monoisotopic (exact) mass is 472 g/mol. The molecule has 0 unspecified atom stereocenters. The topological polar surface area (TPSA) is 78.2 Å². The molecule has 0 spiro atoms. The Morgan fingerprint density at radius 1 is 0.971 bits per heavy atom. The Morgan fingerprint density at radius 3 is 2.43 bits per heavy atom. The molecule has 0 bridgehead atoms. The van der Waals surface area contributed by atoms with Crippen LogP contribution in [0.15, 0.2) is 59.2 Å². The lowest BCUT2D eigenvalue weighted by atomic mass is 10.1. The van der Waals surface area contributed by atoms with Gasteiger partial charge in [0.2, 0.25) is 5.90 Å². The normalized spacial score (nSPS) is 16.9. The summed E-state index contributed by atoms with van der Waals surface area (Å²) in [7, 11) is 3.13. The van der Waals surface area contributed by atoms with E-state index in [0.29, 0.717) is 17.1 Å². The van der Waals surface area contributed by atoms with Gasteiger partial charge in [0.05, 0.1) is 25.6 Å². The number of anilines is 1. The quantitative estimate of drug-likeness (QED) is 0.387. The first kappa shape index (κ1) is 22.7. The molecule has 3 aromatic rings. The third-order valence-electron chi connectivity index (χ3n) is 6.27. The van der Waals surface area contributed by atoms with Gasteiger partial charge in [0.25, 0.3) is 0 Å². The summed E-state index contributed by atoms with van der Waals surface area (Å²) in [5.41, 5.74) is 3.55. The van der Waals surface area contributed by atoms with Gasteiger partial charge >= 0.3 is 5.97 Å². The minimum absolute atomic E-state index is 0.231. The van der Waals surface area contributed by atoms with Crippen molar-refractivity contribution >= 4 is 23.8 Å². The van der Waals surface area contributed by atoms with Gasteiger partial charge in [-0.05, 0) is 62.6 Å². The SMILES string of the molecule is COc1ccc(C2=N/C(=C\c3c(C)nn(-c4ccccc4)c3N3CCCCC3)C(=O)O2)cc1OC. The molecular weight excluding hydrogens is 444 g/mol. The van der Waals surface area contributed by atoms with Crippen LogP contribution in [0.25, 0.3) is 11.8 Å². The first-order valence-electron chi connectivity index (χ1n) is 11.7. The summed E-state index contributed by atoms with van der Waals surface area (Å²) < 4.78 is 18.2. The number of carbonyl (C=O) groups is 1. The molecule has 1 saturated heterocycles. The second-order valence-corrected chi connectivity index (χ2v) is 8.52. The number of piperidine rings is 1. The van der Waals surface area contributed by atoms with Gasteiger partial charge in [0, 0.05) is 24.2 Å². The zero-order valence-corrected chi connectivity index (χ0v) is 20.2. The van der Waals surface area contributed by atoms with Gasteiger partial charge < -0.3 is 19.1 Å². The number of hydrogen-bond donors (Lipinski definition) is 0. The van der Waals surface area contributed by atoms with Crippen molar-refractivity contribution < 1.29 is 19.0 Å². The lowest BCUT2D eigenvalue weighted by Gasteiger charge is -2.29. The van der Waals surface area contributed by atoms with Crippen LogP contribution in [0.5, 0.6) is 11.5 Å². The molecule has 0 atom stereocenters. The zero-order chi connectivity index (χ0) is 24.4. The number of rotatable bonds is 6. The number of aromatic nitrogens is 2. The highest BCUT2D eigenvalue weighted by Crippen LogP contribution is 2.33. The molecule has 0 saturated carbocycles. The summed E-state index contributed by atoms with van der Waals surface area (Å²) in [6, 6.07) is 15.3. The summed E-state index contributed by atoms with van der Waals surface area (Å²) in [5.74, 6) is 1.84. The van der Waals surface area contributed by atoms with Crippen molar-refractivity contribution in [1.82, 2.24) is 9.78 Å². The largest absolute Gasteiger partial charge is 0.493 e. The number of aliphatic imine (C=N–C) groups is 1. The van der Waals surface area contributed by atoms with E-state index in [1.165, 1.54) is 6.42 Å². The smallest absolute Gasteiger partial charge is 0.363 e. The Kier molecular flexibility index (Phi) is 6.27. The van der Waals surface area contributed by atoms with Crippen molar-refractivity contribution in [3.05, 3.63) is 71.0 Å². The van der Waals surface area contributed by atoms with E-state index in [2.05, 4.69) is 9.89 Å². The molecule has 0 aliphatic carbocycles. The molecular formula is C27H28N4O4. The van der Waals surface area contributed by atoms with Gasteiger partial charge in [-0.15, -0.1) is 0 Å². The van der Waals surface area contributed by atoms with E-state index in [1.807, 2.05) is 41.9 Å². The third-order valence-corrected chi connectivity index (χ3v) is 6.27. The minimum atomic E-state index is -0.494. The number of esters is 1. The van der Waals surface area contributed by atoms with Gasteiger partial charge in [0.1, 0.15) is 5.82 Å². The molecule has 1 aromatic heterocycles. The minimum Gasteiger partial charge on any atom is -0.493 e. The number of cyclic esters (lactones) is 1. The van der Waals surface area contributed by atoms with E-state index in [9.17, 15) is 4.79 Å². The lowest BCUT2D eigenvalue weighted by molar-refractivity contribution is -0.129. The number of ether oxygens (including phenoxy) is 3. The number of nitrogens with zero attached hydrogens (tertiary/aromatic N) is 4. The van der Waals surface area contributed by atoms with Crippen LogP contribution in [0.2, 0.25) is 0 Å². The molecule has 2 aliphatic heterocycles. The number of benzene rings is 2. The molecule has 2 aromatic carbocycles. The average Bonchev–Trinajstić information content (AvgIpc) is 3.44. The Balaban J connectivity index is 1.58. The summed E-state index contributed by atoms with van der Waals surface area (Å²) >= 11 is 0. The number of methoxy groups -OCH3 is 2. The molecule has 3 heterocycles. The molecule has 0 radical (unpaired) electrons. The average molecular weight is 473 g/mol. The zero-order valence-electron chi connectivity index (χ0n) is 20.2. The van der Waals surface area contributed by atoms with Gasteiger partial charge in [-0.3, -0.25) is 0 Å². The van der Waals surface area contributed by atoms with Crippen molar-refractivity contribution in [3.8, 4) is 17.2 Å².